The van der Waals surface area contributed by atoms with Crippen LogP contribution in [0, 0.1) is 0 Å². The van der Waals surface area contributed by atoms with Crippen molar-refractivity contribution in [3.8, 4) is 0 Å². The fourth-order valence-electron chi connectivity index (χ4n) is 1.51. The standard InChI is InChI=1S/C14H21N3O2.ClH/c1-11(15)7-8-13(18)16-10-9-14(19)17-12-5-3-2-4-6-12;/h2-6,11H,7-10,15H2,1H3,(H,16,18)(H,17,19);1H. The second-order valence-electron chi connectivity index (χ2n) is 4.53. The van der Waals surface area contributed by atoms with E-state index < -0.39 is 0 Å². The SMILES string of the molecule is CC(N)CCC(=O)NCCC(=O)Nc1ccccc1.Cl. The lowest BCUT2D eigenvalue weighted by atomic mass is 10.2. The minimum absolute atomic E-state index is 0. The van der Waals surface area contributed by atoms with Crippen molar-refractivity contribution < 1.29 is 9.59 Å². The first kappa shape index (κ1) is 18.4. The summed E-state index contributed by atoms with van der Waals surface area (Å²) in [6.45, 7) is 2.21. The first-order chi connectivity index (χ1) is 9.08. The van der Waals surface area contributed by atoms with Crippen molar-refractivity contribution in [2.45, 2.75) is 32.2 Å². The zero-order valence-electron chi connectivity index (χ0n) is 11.6. The van der Waals surface area contributed by atoms with Crippen molar-refractivity contribution in [2.24, 2.45) is 5.73 Å². The maximum Gasteiger partial charge on any atom is 0.226 e. The molecule has 0 radical (unpaired) electrons. The third-order valence-electron chi connectivity index (χ3n) is 2.56. The minimum Gasteiger partial charge on any atom is -0.356 e. The van der Waals surface area contributed by atoms with Crippen LogP contribution >= 0.6 is 12.4 Å². The Morgan fingerprint density at radius 3 is 2.40 bits per heavy atom. The Hall–Kier alpha value is -1.59. The summed E-state index contributed by atoms with van der Waals surface area (Å²) in [5.74, 6) is -0.177. The van der Waals surface area contributed by atoms with E-state index >= 15 is 0 Å². The number of anilines is 1. The second-order valence-corrected chi connectivity index (χ2v) is 4.53. The highest BCUT2D eigenvalue weighted by Crippen LogP contribution is 2.04. The number of hydrogen-bond acceptors (Lipinski definition) is 3. The number of para-hydroxylation sites is 1. The molecule has 0 fully saturated rings. The number of carbonyl (C=O) groups is 2. The van der Waals surface area contributed by atoms with Crippen molar-refractivity contribution in [1.29, 1.82) is 0 Å². The number of amides is 2. The number of hydrogen-bond donors (Lipinski definition) is 3. The highest BCUT2D eigenvalue weighted by atomic mass is 35.5. The average molecular weight is 300 g/mol. The van der Waals surface area contributed by atoms with E-state index in [0.717, 1.165) is 5.69 Å². The number of benzene rings is 1. The summed E-state index contributed by atoms with van der Waals surface area (Å²) in [6, 6.07) is 9.25. The zero-order chi connectivity index (χ0) is 14.1. The highest BCUT2D eigenvalue weighted by molar-refractivity contribution is 5.91. The molecule has 0 saturated heterocycles. The van der Waals surface area contributed by atoms with Crippen LogP contribution in [0.15, 0.2) is 30.3 Å². The maximum atomic E-state index is 11.6. The number of carbonyl (C=O) groups excluding carboxylic acids is 2. The van der Waals surface area contributed by atoms with Gasteiger partial charge in [0.15, 0.2) is 0 Å². The van der Waals surface area contributed by atoms with Crippen molar-refractivity contribution >= 4 is 29.9 Å². The maximum absolute atomic E-state index is 11.6. The molecule has 0 saturated carbocycles. The van der Waals surface area contributed by atoms with Gasteiger partial charge in [-0.3, -0.25) is 9.59 Å². The lowest BCUT2D eigenvalue weighted by molar-refractivity contribution is -0.121. The molecule has 20 heavy (non-hydrogen) atoms. The van der Waals surface area contributed by atoms with Gasteiger partial charge in [-0.05, 0) is 25.5 Å². The van der Waals surface area contributed by atoms with Crippen LogP contribution < -0.4 is 16.4 Å². The Labute approximate surface area is 125 Å². The predicted octanol–water partition coefficient (Wildman–Crippen LogP) is 1.68. The van der Waals surface area contributed by atoms with Crippen LogP contribution in [0.5, 0.6) is 0 Å². The highest BCUT2D eigenvalue weighted by Gasteiger charge is 2.05. The van der Waals surface area contributed by atoms with Crippen molar-refractivity contribution in [1.82, 2.24) is 5.32 Å². The van der Waals surface area contributed by atoms with Gasteiger partial charge in [0.2, 0.25) is 11.8 Å². The third-order valence-corrected chi connectivity index (χ3v) is 2.56. The van der Waals surface area contributed by atoms with Crippen LogP contribution in [0.4, 0.5) is 5.69 Å². The summed E-state index contributed by atoms with van der Waals surface area (Å²) in [4.78, 5) is 23.0. The molecule has 1 unspecified atom stereocenters. The van der Waals surface area contributed by atoms with E-state index in [1.807, 2.05) is 37.3 Å². The molecule has 0 spiro atoms. The first-order valence-corrected chi connectivity index (χ1v) is 6.45. The van der Waals surface area contributed by atoms with E-state index in [0.29, 0.717) is 19.4 Å². The molecule has 1 aromatic carbocycles. The Morgan fingerprint density at radius 2 is 1.80 bits per heavy atom. The van der Waals surface area contributed by atoms with Gasteiger partial charge in [0.05, 0.1) is 0 Å². The fraction of sp³-hybridized carbons (Fsp3) is 0.429. The minimum atomic E-state index is -0.112. The van der Waals surface area contributed by atoms with E-state index in [-0.39, 0.29) is 36.7 Å². The number of nitrogens with one attached hydrogen (secondary N) is 2. The van der Waals surface area contributed by atoms with Crippen LogP contribution in [0.1, 0.15) is 26.2 Å². The van der Waals surface area contributed by atoms with Crippen LogP contribution in [-0.2, 0) is 9.59 Å². The molecule has 0 aliphatic heterocycles. The van der Waals surface area contributed by atoms with Gasteiger partial charge in [0.25, 0.3) is 0 Å². The molecule has 5 nitrogen and oxygen atoms in total. The number of nitrogens with two attached hydrogens (primary N) is 1. The number of halogens is 1. The second kappa shape index (κ2) is 10.2. The van der Waals surface area contributed by atoms with E-state index in [2.05, 4.69) is 10.6 Å². The van der Waals surface area contributed by atoms with Gasteiger partial charge in [-0.25, -0.2) is 0 Å². The van der Waals surface area contributed by atoms with Crippen molar-refractivity contribution in [2.75, 3.05) is 11.9 Å². The van der Waals surface area contributed by atoms with Gasteiger partial charge in [-0.1, -0.05) is 18.2 Å². The monoisotopic (exact) mass is 299 g/mol. The summed E-state index contributed by atoms with van der Waals surface area (Å²) in [6.07, 6.45) is 1.32. The molecule has 4 N–H and O–H groups in total. The summed E-state index contributed by atoms with van der Waals surface area (Å²) in [5.41, 5.74) is 6.32. The summed E-state index contributed by atoms with van der Waals surface area (Å²) >= 11 is 0. The molecule has 2 amide bonds. The largest absolute Gasteiger partial charge is 0.356 e. The lowest BCUT2D eigenvalue weighted by Gasteiger charge is -2.07. The molecule has 6 heteroatoms. The number of rotatable bonds is 7. The third kappa shape index (κ3) is 8.50. The molecule has 0 bridgehead atoms. The predicted molar refractivity (Wildman–Crippen MR) is 82.8 cm³/mol. The Morgan fingerprint density at radius 1 is 1.15 bits per heavy atom. The topological polar surface area (TPSA) is 84.2 Å². The smallest absolute Gasteiger partial charge is 0.226 e. The van der Waals surface area contributed by atoms with Crippen LogP contribution in [0.2, 0.25) is 0 Å². The van der Waals surface area contributed by atoms with Gasteiger partial charge in [-0.2, -0.15) is 0 Å². The van der Waals surface area contributed by atoms with Crippen LogP contribution in [0.25, 0.3) is 0 Å². The molecule has 0 aliphatic carbocycles. The molecule has 0 aromatic heterocycles. The fourth-order valence-corrected chi connectivity index (χ4v) is 1.51. The molecule has 112 valence electrons. The molecule has 1 aromatic rings. The van der Waals surface area contributed by atoms with Gasteiger partial charge < -0.3 is 16.4 Å². The van der Waals surface area contributed by atoms with E-state index in [4.69, 9.17) is 5.73 Å². The van der Waals surface area contributed by atoms with Gasteiger partial charge in [-0.15, -0.1) is 12.4 Å². The average Bonchev–Trinajstić information content (AvgIpc) is 2.37. The summed E-state index contributed by atoms with van der Waals surface area (Å²) < 4.78 is 0. The van der Waals surface area contributed by atoms with E-state index in [9.17, 15) is 9.59 Å². The Balaban J connectivity index is 0.00000361. The van der Waals surface area contributed by atoms with Gasteiger partial charge in [0, 0.05) is 31.1 Å². The quantitative estimate of drug-likeness (QED) is 0.716. The summed E-state index contributed by atoms with van der Waals surface area (Å²) in [5, 5.41) is 5.46. The molecular weight excluding hydrogens is 278 g/mol. The Kier molecular flexibility index (Phi) is 9.41. The zero-order valence-corrected chi connectivity index (χ0v) is 12.4. The molecule has 1 rings (SSSR count). The van der Waals surface area contributed by atoms with Gasteiger partial charge in [0.1, 0.15) is 0 Å². The molecule has 1 atom stereocenters. The molecular formula is C14H22ClN3O2. The van der Waals surface area contributed by atoms with Crippen molar-refractivity contribution in [3.63, 3.8) is 0 Å². The normalized spacial score (nSPS) is 11.1. The molecule has 0 aliphatic rings. The van der Waals surface area contributed by atoms with Gasteiger partial charge >= 0.3 is 0 Å². The summed E-state index contributed by atoms with van der Waals surface area (Å²) in [7, 11) is 0. The van der Waals surface area contributed by atoms with E-state index in [1.54, 1.807) is 0 Å². The van der Waals surface area contributed by atoms with Crippen LogP contribution in [-0.4, -0.2) is 24.4 Å². The molecule has 0 heterocycles. The first-order valence-electron chi connectivity index (χ1n) is 6.45. The van der Waals surface area contributed by atoms with Crippen molar-refractivity contribution in [3.05, 3.63) is 30.3 Å². The van der Waals surface area contributed by atoms with Crippen LogP contribution in [0.3, 0.4) is 0 Å². The van der Waals surface area contributed by atoms with E-state index in [1.165, 1.54) is 0 Å². The lowest BCUT2D eigenvalue weighted by Crippen LogP contribution is -2.29. The Bertz CT molecular complexity index is 410.